The number of carboxylic acid groups (broad SMARTS) is 1. The van der Waals surface area contributed by atoms with E-state index in [2.05, 4.69) is 4.99 Å². The smallest absolute Gasteiger partial charge is 0.312 e. The van der Waals surface area contributed by atoms with Crippen LogP contribution >= 0.6 is 0 Å². The third-order valence-electron chi connectivity index (χ3n) is 3.52. The van der Waals surface area contributed by atoms with Gasteiger partial charge in [-0.05, 0) is 5.56 Å². The summed E-state index contributed by atoms with van der Waals surface area (Å²) in [7, 11) is 0. The summed E-state index contributed by atoms with van der Waals surface area (Å²) in [5.74, 6) is -1.03. The number of ether oxygens (including phenoxy) is 1. The molecule has 112 valence electrons. The van der Waals surface area contributed by atoms with Crippen LogP contribution in [-0.4, -0.2) is 22.1 Å². The molecule has 1 aliphatic rings. The fourth-order valence-electron chi connectivity index (χ4n) is 2.53. The fraction of sp³-hybridized carbons (Fsp3) is 0.176. The van der Waals surface area contributed by atoms with Gasteiger partial charge >= 0.3 is 5.97 Å². The molecule has 1 heterocycles. The first kappa shape index (κ1) is 14.3. The van der Waals surface area contributed by atoms with Gasteiger partial charge < -0.3 is 14.9 Å². The Labute approximate surface area is 127 Å². The first-order chi connectivity index (χ1) is 10.6. The average molecular weight is 297 g/mol. The van der Waals surface area contributed by atoms with Crippen molar-refractivity contribution in [3.05, 3.63) is 71.8 Å². The zero-order valence-corrected chi connectivity index (χ0v) is 11.7. The number of hydrogen-bond donors (Lipinski definition) is 2. The molecular formula is C17H15NO4. The highest BCUT2D eigenvalue weighted by molar-refractivity contribution is 5.94. The van der Waals surface area contributed by atoms with Crippen LogP contribution in [0.2, 0.25) is 0 Å². The molecule has 2 aromatic rings. The van der Waals surface area contributed by atoms with E-state index in [1.54, 1.807) is 24.3 Å². The van der Waals surface area contributed by atoms with Crippen molar-refractivity contribution in [1.29, 1.82) is 0 Å². The third-order valence-corrected chi connectivity index (χ3v) is 3.52. The maximum atomic E-state index is 11.1. The van der Waals surface area contributed by atoms with E-state index >= 15 is 0 Å². The topological polar surface area (TPSA) is 79.1 Å². The van der Waals surface area contributed by atoms with Gasteiger partial charge in [0.2, 0.25) is 5.72 Å². The summed E-state index contributed by atoms with van der Waals surface area (Å²) in [6.45, 7) is 0. The van der Waals surface area contributed by atoms with Crippen molar-refractivity contribution in [3.8, 4) is 0 Å². The molecule has 5 heteroatoms. The highest BCUT2D eigenvalue weighted by Crippen LogP contribution is 2.43. The molecule has 0 saturated carbocycles. The average Bonchev–Trinajstić information content (AvgIpc) is 2.86. The van der Waals surface area contributed by atoms with Crippen LogP contribution < -0.4 is 0 Å². The van der Waals surface area contributed by atoms with Crippen LogP contribution in [0.5, 0.6) is 0 Å². The number of hydrogen-bond acceptors (Lipinski definition) is 4. The first-order valence-electron chi connectivity index (χ1n) is 6.89. The van der Waals surface area contributed by atoms with Gasteiger partial charge in [0.05, 0.1) is 0 Å². The number of nitrogens with zero attached hydrogens (tertiary/aromatic N) is 1. The summed E-state index contributed by atoms with van der Waals surface area (Å²) in [5.41, 5.74) is -0.338. The zero-order valence-electron chi connectivity index (χ0n) is 11.7. The molecule has 2 N–H and O–H groups in total. The molecule has 0 saturated heterocycles. The van der Waals surface area contributed by atoms with Crippen LogP contribution in [0.3, 0.4) is 0 Å². The number of benzene rings is 2. The predicted molar refractivity (Wildman–Crippen MR) is 80.3 cm³/mol. The van der Waals surface area contributed by atoms with Crippen LogP contribution in [0, 0.1) is 0 Å². The lowest BCUT2D eigenvalue weighted by molar-refractivity contribution is -0.135. The second-order valence-electron chi connectivity index (χ2n) is 5.08. The van der Waals surface area contributed by atoms with Crippen molar-refractivity contribution in [2.75, 3.05) is 0 Å². The second-order valence-corrected chi connectivity index (χ2v) is 5.08. The molecule has 5 nitrogen and oxygen atoms in total. The first-order valence-corrected chi connectivity index (χ1v) is 6.89. The molecule has 0 aliphatic carbocycles. The molecule has 2 atom stereocenters. The van der Waals surface area contributed by atoms with Crippen LogP contribution in [0.15, 0.2) is 65.7 Å². The van der Waals surface area contributed by atoms with E-state index in [-0.39, 0.29) is 12.3 Å². The van der Waals surface area contributed by atoms with Crippen molar-refractivity contribution in [2.24, 2.45) is 4.99 Å². The van der Waals surface area contributed by atoms with Gasteiger partial charge in [0.15, 0.2) is 12.0 Å². The predicted octanol–water partition coefficient (Wildman–Crippen LogP) is 2.48. The molecule has 0 fully saturated rings. The van der Waals surface area contributed by atoms with E-state index in [0.29, 0.717) is 5.56 Å². The number of carboxylic acids is 1. The molecule has 2 unspecified atom stereocenters. The van der Waals surface area contributed by atoms with Crippen molar-refractivity contribution in [1.82, 2.24) is 0 Å². The standard InChI is InChI=1S/C17H15NO4/c19-15(20)11-14-18-17(21,13-9-5-2-6-10-13)16(22-14)12-7-3-1-4-8-12/h1-10,16,21H,11H2,(H,19,20). The SMILES string of the molecule is O=C(O)CC1=NC(O)(c2ccccc2)C(c2ccccc2)O1. The van der Waals surface area contributed by atoms with E-state index < -0.39 is 17.8 Å². The molecule has 22 heavy (non-hydrogen) atoms. The Morgan fingerprint density at radius 3 is 2.27 bits per heavy atom. The molecule has 2 aromatic carbocycles. The largest absolute Gasteiger partial charge is 0.481 e. The molecule has 1 aliphatic heterocycles. The minimum Gasteiger partial charge on any atom is -0.481 e. The minimum atomic E-state index is -1.63. The normalized spacial score (nSPS) is 23.7. The van der Waals surface area contributed by atoms with Gasteiger partial charge in [-0.2, -0.15) is 0 Å². The summed E-state index contributed by atoms with van der Waals surface area (Å²) < 4.78 is 5.65. The lowest BCUT2D eigenvalue weighted by atomic mass is 9.93. The molecule has 0 amide bonds. The molecule has 3 rings (SSSR count). The summed E-state index contributed by atoms with van der Waals surface area (Å²) >= 11 is 0. The van der Waals surface area contributed by atoms with Crippen LogP contribution in [-0.2, 0) is 15.3 Å². The van der Waals surface area contributed by atoms with E-state index in [1.807, 2.05) is 36.4 Å². The zero-order chi connectivity index (χ0) is 15.6. The van der Waals surface area contributed by atoms with Gasteiger partial charge in [0, 0.05) is 5.56 Å². The summed E-state index contributed by atoms with van der Waals surface area (Å²) in [6, 6.07) is 18.1. The van der Waals surface area contributed by atoms with E-state index in [0.717, 1.165) is 5.56 Å². The van der Waals surface area contributed by atoms with Gasteiger partial charge in [-0.1, -0.05) is 60.7 Å². The number of carbonyl (C=O) groups is 1. The maximum absolute atomic E-state index is 11.1. The quantitative estimate of drug-likeness (QED) is 0.908. The van der Waals surface area contributed by atoms with E-state index in [1.165, 1.54) is 0 Å². The highest BCUT2D eigenvalue weighted by atomic mass is 16.5. The Hall–Kier alpha value is -2.66. The third kappa shape index (κ3) is 2.58. The van der Waals surface area contributed by atoms with Gasteiger partial charge in [0.1, 0.15) is 6.42 Å². The minimum absolute atomic E-state index is 0.0210. The van der Waals surface area contributed by atoms with Gasteiger partial charge in [-0.3, -0.25) is 4.79 Å². The van der Waals surface area contributed by atoms with Crippen molar-refractivity contribution < 1.29 is 19.7 Å². The van der Waals surface area contributed by atoms with Gasteiger partial charge in [0.25, 0.3) is 0 Å². The monoisotopic (exact) mass is 297 g/mol. The Morgan fingerprint density at radius 1 is 1.09 bits per heavy atom. The van der Waals surface area contributed by atoms with Gasteiger partial charge in [-0.15, -0.1) is 0 Å². The van der Waals surface area contributed by atoms with Crippen molar-refractivity contribution >= 4 is 11.9 Å². The summed E-state index contributed by atoms with van der Waals surface area (Å²) in [5, 5.41) is 20.0. The lowest BCUT2D eigenvalue weighted by Crippen LogP contribution is -2.28. The van der Waals surface area contributed by atoms with Crippen LogP contribution in [0.25, 0.3) is 0 Å². The Balaban J connectivity index is 2.04. The van der Waals surface area contributed by atoms with Gasteiger partial charge in [-0.25, -0.2) is 4.99 Å². The van der Waals surface area contributed by atoms with Crippen LogP contribution in [0.4, 0.5) is 0 Å². The van der Waals surface area contributed by atoms with E-state index in [4.69, 9.17) is 9.84 Å². The maximum Gasteiger partial charge on any atom is 0.312 e. The molecule has 0 spiro atoms. The van der Waals surface area contributed by atoms with Crippen molar-refractivity contribution in [3.63, 3.8) is 0 Å². The lowest BCUT2D eigenvalue weighted by Gasteiger charge is -2.26. The molecule has 0 radical (unpaired) electrons. The van der Waals surface area contributed by atoms with Crippen molar-refractivity contribution in [2.45, 2.75) is 18.2 Å². The van der Waals surface area contributed by atoms with Crippen LogP contribution in [0.1, 0.15) is 23.7 Å². The molecule has 0 aromatic heterocycles. The van der Waals surface area contributed by atoms with E-state index in [9.17, 15) is 9.90 Å². The summed E-state index contributed by atoms with van der Waals surface area (Å²) in [4.78, 5) is 15.1. The Bertz CT molecular complexity index is 699. The number of rotatable bonds is 4. The number of aliphatic hydroxyl groups is 1. The molecule has 0 bridgehead atoms. The Morgan fingerprint density at radius 2 is 1.68 bits per heavy atom. The molecular weight excluding hydrogens is 282 g/mol. The fourth-order valence-corrected chi connectivity index (χ4v) is 2.53. The number of aliphatic imine (C=N–C) groups is 1. The summed E-state index contributed by atoms with van der Waals surface area (Å²) in [6.07, 6.45) is -1.14. The highest BCUT2D eigenvalue weighted by Gasteiger charge is 2.47. The number of aliphatic carboxylic acids is 1. The Kier molecular flexibility index (Phi) is 3.65. The second kappa shape index (κ2) is 5.61.